The average Bonchev–Trinajstić information content (AvgIpc) is 2.46. The molecule has 5 heteroatoms. The Bertz CT molecular complexity index is 663. The molecule has 0 aliphatic rings. The van der Waals surface area contributed by atoms with Crippen LogP contribution in [0.25, 0.3) is 11.1 Å². The van der Waals surface area contributed by atoms with Gasteiger partial charge < -0.3 is 14.8 Å². The molecule has 0 aliphatic carbocycles. The molecule has 23 heavy (non-hydrogen) atoms. The van der Waals surface area contributed by atoms with Gasteiger partial charge in [-0.3, -0.25) is 0 Å². The summed E-state index contributed by atoms with van der Waals surface area (Å²) in [5, 5.41) is 20.3. The van der Waals surface area contributed by atoms with Crippen LogP contribution in [0.3, 0.4) is 0 Å². The monoisotopic (exact) mass is 316 g/mol. The molecule has 0 unspecified atom stereocenters. The van der Waals surface area contributed by atoms with Gasteiger partial charge in [0.15, 0.2) is 0 Å². The van der Waals surface area contributed by atoms with Crippen LogP contribution in [0.5, 0.6) is 0 Å². The standard InChI is InChI=1S/C18H22BFO3/c1-17(2,21)18(3,4)23-19(22)14-11-9-13(10-12-14)15-7-5-6-8-16(15)20/h5-12,21-22H,1-4H3. The van der Waals surface area contributed by atoms with Gasteiger partial charge in [-0.25, -0.2) is 4.39 Å². The second-order valence-electron chi connectivity index (χ2n) is 6.64. The van der Waals surface area contributed by atoms with Gasteiger partial charge in [-0.05, 0) is 44.8 Å². The lowest BCUT2D eigenvalue weighted by Crippen LogP contribution is -2.53. The van der Waals surface area contributed by atoms with Gasteiger partial charge in [-0.2, -0.15) is 0 Å². The molecule has 2 N–H and O–H groups in total. The first-order chi connectivity index (χ1) is 10.6. The molecule has 0 aliphatic heterocycles. The lowest BCUT2D eigenvalue weighted by Gasteiger charge is -2.38. The van der Waals surface area contributed by atoms with E-state index in [4.69, 9.17) is 4.65 Å². The molecule has 0 saturated heterocycles. The molecule has 0 bridgehead atoms. The fourth-order valence-electron chi connectivity index (χ4n) is 2.01. The first-order valence-corrected chi connectivity index (χ1v) is 7.55. The second kappa shape index (κ2) is 6.44. The zero-order valence-electron chi connectivity index (χ0n) is 13.9. The number of rotatable bonds is 5. The Kier molecular flexibility index (Phi) is 4.94. The summed E-state index contributed by atoms with van der Waals surface area (Å²) in [7, 11) is -1.17. The Morgan fingerprint density at radius 3 is 2.04 bits per heavy atom. The first kappa shape index (κ1) is 17.7. The van der Waals surface area contributed by atoms with Crippen molar-refractivity contribution in [3.8, 4) is 11.1 Å². The van der Waals surface area contributed by atoms with Crippen molar-refractivity contribution in [1.29, 1.82) is 0 Å². The van der Waals surface area contributed by atoms with Crippen LogP contribution in [0.2, 0.25) is 0 Å². The van der Waals surface area contributed by atoms with Crippen molar-refractivity contribution in [3.05, 3.63) is 54.3 Å². The smallest absolute Gasteiger partial charge is 0.423 e. The van der Waals surface area contributed by atoms with E-state index in [0.29, 0.717) is 11.0 Å². The number of aliphatic hydroxyl groups is 1. The number of halogens is 1. The Morgan fingerprint density at radius 2 is 1.52 bits per heavy atom. The summed E-state index contributed by atoms with van der Waals surface area (Å²) in [6.45, 7) is 6.68. The highest BCUT2D eigenvalue weighted by Gasteiger charge is 2.39. The second-order valence-corrected chi connectivity index (χ2v) is 6.64. The van der Waals surface area contributed by atoms with Gasteiger partial charge in [0.1, 0.15) is 5.82 Å². The SMILES string of the molecule is CC(C)(O)C(C)(C)OB(O)c1ccc(-c2ccccc2F)cc1. The van der Waals surface area contributed by atoms with Gasteiger partial charge in [0.2, 0.25) is 0 Å². The van der Waals surface area contributed by atoms with E-state index in [0.717, 1.165) is 5.56 Å². The molecule has 0 spiro atoms. The van der Waals surface area contributed by atoms with Crippen molar-refractivity contribution in [2.75, 3.05) is 0 Å². The first-order valence-electron chi connectivity index (χ1n) is 7.55. The van der Waals surface area contributed by atoms with E-state index in [2.05, 4.69) is 0 Å². The molecule has 0 heterocycles. The normalized spacial score (nSPS) is 12.3. The van der Waals surface area contributed by atoms with Crippen LogP contribution < -0.4 is 5.46 Å². The zero-order valence-corrected chi connectivity index (χ0v) is 13.9. The van der Waals surface area contributed by atoms with Gasteiger partial charge in [0.05, 0.1) is 11.2 Å². The average molecular weight is 316 g/mol. The molecular weight excluding hydrogens is 294 g/mol. The van der Waals surface area contributed by atoms with Crippen molar-refractivity contribution in [1.82, 2.24) is 0 Å². The molecule has 0 aromatic heterocycles. The number of benzene rings is 2. The van der Waals surface area contributed by atoms with Crippen LogP contribution in [0, 0.1) is 5.82 Å². The Hall–Kier alpha value is -1.69. The largest absolute Gasteiger partial charge is 0.491 e. The van der Waals surface area contributed by atoms with Crippen LogP contribution in [0.1, 0.15) is 27.7 Å². The van der Waals surface area contributed by atoms with E-state index < -0.39 is 18.3 Å². The van der Waals surface area contributed by atoms with Crippen LogP contribution in [0.15, 0.2) is 48.5 Å². The molecule has 0 radical (unpaired) electrons. The third-order valence-corrected chi connectivity index (χ3v) is 4.26. The van der Waals surface area contributed by atoms with Gasteiger partial charge in [0.25, 0.3) is 0 Å². The fraction of sp³-hybridized carbons (Fsp3) is 0.333. The molecule has 122 valence electrons. The Balaban J connectivity index is 2.18. The van der Waals surface area contributed by atoms with Crippen LogP contribution in [-0.4, -0.2) is 28.5 Å². The third-order valence-electron chi connectivity index (χ3n) is 4.26. The number of hydrogen-bond acceptors (Lipinski definition) is 3. The zero-order chi connectivity index (χ0) is 17.3. The summed E-state index contributed by atoms with van der Waals surface area (Å²) in [5.74, 6) is -0.291. The summed E-state index contributed by atoms with van der Waals surface area (Å²) < 4.78 is 19.4. The molecule has 0 amide bonds. The lowest BCUT2D eigenvalue weighted by molar-refractivity contribution is -0.0982. The van der Waals surface area contributed by atoms with Crippen molar-refractivity contribution >= 4 is 12.6 Å². The van der Waals surface area contributed by atoms with E-state index in [1.165, 1.54) is 6.07 Å². The van der Waals surface area contributed by atoms with Crippen LogP contribution >= 0.6 is 0 Å². The maximum absolute atomic E-state index is 13.8. The topological polar surface area (TPSA) is 49.7 Å². The quantitative estimate of drug-likeness (QED) is 0.834. The summed E-state index contributed by atoms with van der Waals surface area (Å²) >= 11 is 0. The third kappa shape index (κ3) is 3.99. The van der Waals surface area contributed by atoms with Gasteiger partial charge in [0, 0.05) is 5.56 Å². The van der Waals surface area contributed by atoms with Crippen LogP contribution in [0.4, 0.5) is 4.39 Å². The van der Waals surface area contributed by atoms with Crippen molar-refractivity contribution in [2.24, 2.45) is 0 Å². The van der Waals surface area contributed by atoms with E-state index in [1.807, 2.05) is 0 Å². The highest BCUT2D eigenvalue weighted by Crippen LogP contribution is 2.26. The lowest BCUT2D eigenvalue weighted by atomic mass is 9.76. The van der Waals surface area contributed by atoms with Gasteiger partial charge >= 0.3 is 7.12 Å². The minimum atomic E-state index is -1.17. The summed E-state index contributed by atoms with van der Waals surface area (Å²) in [4.78, 5) is 0. The van der Waals surface area contributed by atoms with Gasteiger partial charge in [-0.1, -0.05) is 42.5 Å². The minimum absolute atomic E-state index is 0.291. The number of hydrogen-bond donors (Lipinski definition) is 2. The van der Waals surface area contributed by atoms with Crippen molar-refractivity contribution in [2.45, 2.75) is 38.9 Å². The molecule has 2 rings (SSSR count). The van der Waals surface area contributed by atoms with E-state index in [1.54, 1.807) is 70.2 Å². The van der Waals surface area contributed by atoms with Gasteiger partial charge in [-0.15, -0.1) is 0 Å². The van der Waals surface area contributed by atoms with Crippen molar-refractivity contribution in [3.63, 3.8) is 0 Å². The van der Waals surface area contributed by atoms with E-state index in [-0.39, 0.29) is 5.82 Å². The maximum atomic E-state index is 13.8. The highest BCUT2D eigenvalue weighted by atomic mass is 19.1. The molecule has 0 atom stereocenters. The van der Waals surface area contributed by atoms with E-state index >= 15 is 0 Å². The Labute approximate surface area is 136 Å². The molecule has 0 fully saturated rings. The fourth-order valence-corrected chi connectivity index (χ4v) is 2.01. The molecule has 2 aromatic carbocycles. The minimum Gasteiger partial charge on any atom is -0.423 e. The molecule has 2 aromatic rings. The molecule has 0 saturated carbocycles. The summed E-state index contributed by atoms with van der Waals surface area (Å²) in [6, 6.07) is 13.4. The predicted octanol–water partition coefficient (Wildman–Crippen LogP) is 2.75. The van der Waals surface area contributed by atoms with E-state index in [9.17, 15) is 14.5 Å². The summed E-state index contributed by atoms with van der Waals surface area (Å²) in [6.07, 6.45) is 0. The highest BCUT2D eigenvalue weighted by molar-refractivity contribution is 6.60. The molecular formula is C18H22BFO3. The Morgan fingerprint density at radius 1 is 0.957 bits per heavy atom. The summed E-state index contributed by atoms with van der Waals surface area (Å²) in [5.41, 5.74) is -0.271. The molecule has 3 nitrogen and oxygen atoms in total. The van der Waals surface area contributed by atoms with Crippen LogP contribution in [-0.2, 0) is 4.65 Å². The van der Waals surface area contributed by atoms with Crippen molar-refractivity contribution < 1.29 is 19.2 Å². The predicted molar refractivity (Wildman–Crippen MR) is 90.9 cm³/mol. The maximum Gasteiger partial charge on any atom is 0.491 e.